The topological polar surface area (TPSA) is 58.0 Å². The van der Waals surface area contributed by atoms with Crippen LogP contribution in [-0.4, -0.2) is 21.2 Å². The number of nitrogens with one attached hydrogen (secondary N) is 1. The summed E-state index contributed by atoms with van der Waals surface area (Å²) in [5.74, 6) is 1.35. The van der Waals surface area contributed by atoms with Gasteiger partial charge in [-0.2, -0.15) is 0 Å². The van der Waals surface area contributed by atoms with Crippen LogP contribution in [0.5, 0.6) is 0 Å². The molecule has 0 radical (unpaired) electrons. The zero-order valence-corrected chi connectivity index (χ0v) is 12.9. The Morgan fingerprint density at radius 1 is 1.19 bits per heavy atom. The summed E-state index contributed by atoms with van der Waals surface area (Å²) in [6, 6.07) is 6.50. The van der Waals surface area contributed by atoms with E-state index in [9.17, 15) is 5.11 Å². The highest BCUT2D eigenvalue weighted by Crippen LogP contribution is 2.42. The number of aliphatic hydroxyl groups excluding tert-OH is 1. The van der Waals surface area contributed by atoms with Gasteiger partial charge >= 0.3 is 0 Å². The average molecular weight is 317 g/mol. The van der Waals surface area contributed by atoms with Gasteiger partial charge in [0.2, 0.25) is 0 Å². The first-order valence-electron chi connectivity index (χ1n) is 6.97. The minimum absolute atomic E-state index is 0.147. The molecular formula is C15H15N3OS2. The van der Waals surface area contributed by atoms with Gasteiger partial charge in [0, 0.05) is 4.88 Å². The van der Waals surface area contributed by atoms with E-state index in [0.29, 0.717) is 5.92 Å². The lowest BCUT2D eigenvalue weighted by Gasteiger charge is -2.38. The van der Waals surface area contributed by atoms with Gasteiger partial charge in [-0.3, -0.25) is 0 Å². The highest BCUT2D eigenvalue weighted by atomic mass is 32.1. The van der Waals surface area contributed by atoms with Crippen LogP contribution in [0.2, 0.25) is 0 Å². The number of anilines is 1. The normalized spacial score (nSPS) is 22.9. The molecule has 4 rings (SSSR count). The van der Waals surface area contributed by atoms with E-state index in [0.717, 1.165) is 28.9 Å². The van der Waals surface area contributed by atoms with Gasteiger partial charge in [0.25, 0.3) is 0 Å². The number of aromatic nitrogens is 2. The molecular weight excluding hydrogens is 302 g/mol. The third-order valence-electron chi connectivity index (χ3n) is 4.02. The first-order valence-corrected chi connectivity index (χ1v) is 8.73. The summed E-state index contributed by atoms with van der Waals surface area (Å²) in [6.07, 6.45) is 3.18. The number of hydrogen-bond acceptors (Lipinski definition) is 6. The van der Waals surface area contributed by atoms with Gasteiger partial charge in [0.05, 0.1) is 17.5 Å². The highest BCUT2D eigenvalue weighted by Gasteiger charge is 2.35. The van der Waals surface area contributed by atoms with Gasteiger partial charge in [-0.1, -0.05) is 6.07 Å². The van der Waals surface area contributed by atoms with Gasteiger partial charge < -0.3 is 10.4 Å². The Balaban J connectivity index is 1.67. The number of fused-ring (bicyclic) bond motifs is 1. The largest absolute Gasteiger partial charge is 0.393 e. The molecule has 6 heteroatoms. The second kappa shape index (κ2) is 5.36. The van der Waals surface area contributed by atoms with E-state index >= 15 is 0 Å². The molecule has 1 atom stereocenters. The molecule has 21 heavy (non-hydrogen) atoms. The fourth-order valence-electron chi connectivity index (χ4n) is 2.84. The van der Waals surface area contributed by atoms with Crippen LogP contribution in [0.3, 0.4) is 0 Å². The van der Waals surface area contributed by atoms with Gasteiger partial charge in [-0.15, -0.1) is 22.7 Å². The van der Waals surface area contributed by atoms with Crippen molar-refractivity contribution in [3.63, 3.8) is 0 Å². The van der Waals surface area contributed by atoms with Crippen LogP contribution in [0.25, 0.3) is 10.2 Å². The van der Waals surface area contributed by atoms with Crippen molar-refractivity contribution in [3.8, 4) is 0 Å². The quantitative estimate of drug-likeness (QED) is 0.771. The van der Waals surface area contributed by atoms with Crippen molar-refractivity contribution < 1.29 is 5.11 Å². The molecule has 0 amide bonds. The molecule has 4 nitrogen and oxygen atoms in total. The first-order chi connectivity index (χ1) is 10.3. The Morgan fingerprint density at radius 3 is 2.86 bits per heavy atom. The van der Waals surface area contributed by atoms with Crippen LogP contribution in [0.4, 0.5) is 5.82 Å². The van der Waals surface area contributed by atoms with Crippen molar-refractivity contribution in [1.29, 1.82) is 0 Å². The van der Waals surface area contributed by atoms with E-state index in [-0.39, 0.29) is 12.1 Å². The molecule has 2 N–H and O–H groups in total. The number of nitrogens with zero attached hydrogens (tertiary/aromatic N) is 2. The molecule has 0 bridgehead atoms. The van der Waals surface area contributed by atoms with E-state index in [4.69, 9.17) is 0 Å². The number of aliphatic hydroxyl groups is 1. The third kappa shape index (κ3) is 2.43. The van der Waals surface area contributed by atoms with Crippen molar-refractivity contribution in [2.75, 3.05) is 5.32 Å². The fourth-order valence-corrected chi connectivity index (χ4v) is 4.45. The average Bonchev–Trinajstić information content (AvgIpc) is 3.12. The minimum atomic E-state index is -0.147. The van der Waals surface area contributed by atoms with Crippen LogP contribution in [0.1, 0.15) is 23.8 Å². The van der Waals surface area contributed by atoms with E-state index in [1.54, 1.807) is 29.0 Å². The van der Waals surface area contributed by atoms with Gasteiger partial charge in [0.1, 0.15) is 17.0 Å². The highest BCUT2D eigenvalue weighted by molar-refractivity contribution is 7.16. The van der Waals surface area contributed by atoms with Crippen LogP contribution >= 0.6 is 22.7 Å². The molecule has 0 saturated heterocycles. The Bertz CT molecular complexity index is 734. The van der Waals surface area contributed by atoms with Gasteiger partial charge in [0.15, 0.2) is 0 Å². The lowest BCUT2D eigenvalue weighted by molar-refractivity contribution is 0.0344. The molecule has 1 aliphatic rings. The zero-order chi connectivity index (χ0) is 14.2. The molecule has 0 aliphatic heterocycles. The maximum atomic E-state index is 9.62. The second-order valence-electron chi connectivity index (χ2n) is 5.38. The molecule has 1 fully saturated rings. The summed E-state index contributed by atoms with van der Waals surface area (Å²) in [4.78, 5) is 11.0. The summed E-state index contributed by atoms with van der Waals surface area (Å²) >= 11 is 3.38. The minimum Gasteiger partial charge on any atom is -0.393 e. The Morgan fingerprint density at radius 2 is 2.10 bits per heavy atom. The molecule has 0 unspecified atom stereocenters. The SMILES string of the molecule is OC1CC([C@@H](Nc2ncnc3sccc23)c2cccs2)C1. The summed E-state index contributed by atoms with van der Waals surface area (Å²) in [5.41, 5.74) is 0. The van der Waals surface area contributed by atoms with Crippen LogP contribution < -0.4 is 5.32 Å². The standard InChI is InChI=1S/C15H15N3OS2/c19-10-6-9(7-10)13(12-2-1-4-20-12)18-14-11-3-5-21-15(11)17-8-16-14/h1-5,8-10,13,19H,6-7H2,(H,16,17,18)/t9?,10?,13-/m1/s1. The maximum absolute atomic E-state index is 9.62. The summed E-state index contributed by atoms with van der Waals surface area (Å²) in [7, 11) is 0. The molecule has 0 aromatic carbocycles. The lowest BCUT2D eigenvalue weighted by atomic mass is 9.77. The number of rotatable bonds is 4. The Labute approximate surface area is 130 Å². The van der Waals surface area contributed by atoms with Crippen molar-refractivity contribution in [2.24, 2.45) is 5.92 Å². The van der Waals surface area contributed by atoms with Crippen molar-refractivity contribution >= 4 is 38.7 Å². The van der Waals surface area contributed by atoms with Crippen molar-refractivity contribution in [1.82, 2.24) is 9.97 Å². The molecule has 108 valence electrons. The molecule has 1 saturated carbocycles. The monoisotopic (exact) mass is 317 g/mol. The predicted octanol–water partition coefficient (Wildman–Crippen LogP) is 3.68. The van der Waals surface area contributed by atoms with Gasteiger partial charge in [-0.05, 0) is 41.7 Å². The van der Waals surface area contributed by atoms with Crippen molar-refractivity contribution in [2.45, 2.75) is 25.0 Å². The lowest BCUT2D eigenvalue weighted by Crippen LogP contribution is -2.35. The summed E-state index contributed by atoms with van der Waals surface area (Å²) < 4.78 is 0. The summed E-state index contributed by atoms with van der Waals surface area (Å²) in [5, 5.41) is 18.4. The molecule has 3 heterocycles. The summed E-state index contributed by atoms with van der Waals surface area (Å²) in [6.45, 7) is 0. The van der Waals surface area contributed by atoms with E-state index < -0.39 is 0 Å². The fraction of sp³-hybridized carbons (Fsp3) is 0.333. The van der Waals surface area contributed by atoms with E-state index in [1.807, 2.05) is 5.38 Å². The van der Waals surface area contributed by atoms with Crippen LogP contribution in [0, 0.1) is 5.92 Å². The Kier molecular flexibility index (Phi) is 3.37. The van der Waals surface area contributed by atoms with Gasteiger partial charge in [-0.25, -0.2) is 9.97 Å². The van der Waals surface area contributed by atoms with E-state index in [2.05, 4.69) is 38.9 Å². The van der Waals surface area contributed by atoms with Crippen molar-refractivity contribution in [3.05, 3.63) is 40.2 Å². The maximum Gasteiger partial charge on any atom is 0.138 e. The first kappa shape index (κ1) is 13.2. The zero-order valence-electron chi connectivity index (χ0n) is 11.3. The van der Waals surface area contributed by atoms with Crippen LogP contribution in [-0.2, 0) is 0 Å². The van der Waals surface area contributed by atoms with Crippen LogP contribution in [0.15, 0.2) is 35.3 Å². The molecule has 1 aliphatic carbocycles. The molecule has 3 aromatic heterocycles. The smallest absolute Gasteiger partial charge is 0.138 e. The molecule has 3 aromatic rings. The second-order valence-corrected chi connectivity index (χ2v) is 7.26. The number of hydrogen-bond donors (Lipinski definition) is 2. The number of thiophene rings is 2. The predicted molar refractivity (Wildman–Crippen MR) is 86.8 cm³/mol. The van der Waals surface area contributed by atoms with E-state index in [1.165, 1.54) is 4.88 Å². The Hall–Kier alpha value is -1.50. The third-order valence-corrected chi connectivity index (χ3v) is 5.80. The molecule has 0 spiro atoms.